The fraction of sp³-hybridized carbons (Fsp3) is 0.200. The van der Waals surface area contributed by atoms with Gasteiger partial charge in [-0.1, -0.05) is 13.0 Å². The minimum atomic E-state index is -4.78. The third-order valence-corrected chi connectivity index (χ3v) is 3.07. The highest BCUT2D eigenvalue weighted by atomic mass is 19.4. The number of alkyl halides is 3. The third kappa shape index (κ3) is 3.09. The van der Waals surface area contributed by atoms with Crippen LogP contribution in [0.15, 0.2) is 36.7 Å². The molecule has 6 heteroatoms. The Hall–Kier alpha value is -2.24. The second kappa shape index (κ2) is 5.63. The van der Waals surface area contributed by atoms with Crippen molar-refractivity contribution in [3.05, 3.63) is 64.7 Å². The standard InChI is InChI=1S/C15H11F4NO/c1-2-9-8-20-6-5-11(9)14(21)10-3-4-12(13(16)7-10)15(17,18)19/h3-8H,2H2,1H3. The number of halogens is 4. The fourth-order valence-corrected chi connectivity index (χ4v) is 1.97. The van der Waals surface area contributed by atoms with Gasteiger partial charge in [-0.3, -0.25) is 9.78 Å². The molecule has 1 aromatic heterocycles. The van der Waals surface area contributed by atoms with Crippen molar-refractivity contribution >= 4 is 5.78 Å². The van der Waals surface area contributed by atoms with Gasteiger partial charge in [0.1, 0.15) is 5.82 Å². The lowest BCUT2D eigenvalue weighted by Gasteiger charge is -2.10. The van der Waals surface area contributed by atoms with Gasteiger partial charge in [-0.2, -0.15) is 13.2 Å². The first-order valence-electron chi connectivity index (χ1n) is 6.19. The zero-order valence-corrected chi connectivity index (χ0v) is 11.0. The van der Waals surface area contributed by atoms with Gasteiger partial charge in [0, 0.05) is 23.5 Å². The molecule has 2 aromatic rings. The predicted octanol–water partition coefficient (Wildman–Crippen LogP) is 4.03. The van der Waals surface area contributed by atoms with Crippen LogP contribution in [0.1, 0.15) is 34.0 Å². The van der Waals surface area contributed by atoms with Gasteiger partial charge in [0.25, 0.3) is 0 Å². The molecule has 0 spiro atoms. The number of aromatic nitrogens is 1. The van der Waals surface area contributed by atoms with Crippen LogP contribution in [0.5, 0.6) is 0 Å². The van der Waals surface area contributed by atoms with Crippen molar-refractivity contribution < 1.29 is 22.4 Å². The molecular formula is C15H11F4NO. The highest BCUT2D eigenvalue weighted by Crippen LogP contribution is 2.32. The summed E-state index contributed by atoms with van der Waals surface area (Å²) in [7, 11) is 0. The fourth-order valence-electron chi connectivity index (χ4n) is 1.97. The summed E-state index contributed by atoms with van der Waals surface area (Å²) in [5, 5.41) is 0. The van der Waals surface area contributed by atoms with Gasteiger partial charge in [-0.05, 0) is 30.2 Å². The van der Waals surface area contributed by atoms with E-state index in [1.165, 1.54) is 18.5 Å². The molecule has 1 heterocycles. The molecule has 0 bridgehead atoms. The Morgan fingerprint density at radius 3 is 2.52 bits per heavy atom. The van der Waals surface area contributed by atoms with Crippen molar-refractivity contribution in [3.63, 3.8) is 0 Å². The number of carbonyl (C=O) groups is 1. The molecule has 0 amide bonds. The van der Waals surface area contributed by atoms with Gasteiger partial charge in [-0.25, -0.2) is 4.39 Å². The Morgan fingerprint density at radius 2 is 1.95 bits per heavy atom. The van der Waals surface area contributed by atoms with Crippen LogP contribution in [0.3, 0.4) is 0 Å². The number of rotatable bonds is 3. The minimum Gasteiger partial charge on any atom is -0.289 e. The maximum absolute atomic E-state index is 13.5. The smallest absolute Gasteiger partial charge is 0.289 e. The molecule has 0 N–H and O–H groups in total. The lowest BCUT2D eigenvalue weighted by atomic mass is 9.98. The first-order valence-corrected chi connectivity index (χ1v) is 6.19. The van der Waals surface area contributed by atoms with E-state index in [0.717, 1.165) is 6.07 Å². The van der Waals surface area contributed by atoms with Gasteiger partial charge in [0.2, 0.25) is 0 Å². The molecule has 0 aliphatic heterocycles. The van der Waals surface area contributed by atoms with E-state index in [2.05, 4.69) is 4.98 Å². The predicted molar refractivity (Wildman–Crippen MR) is 68.4 cm³/mol. The van der Waals surface area contributed by atoms with Crippen molar-refractivity contribution in [2.45, 2.75) is 19.5 Å². The molecule has 2 nitrogen and oxygen atoms in total. The van der Waals surface area contributed by atoms with Crippen molar-refractivity contribution in [1.82, 2.24) is 4.98 Å². The van der Waals surface area contributed by atoms with E-state index in [4.69, 9.17) is 0 Å². The monoisotopic (exact) mass is 297 g/mol. The van der Waals surface area contributed by atoms with Gasteiger partial charge >= 0.3 is 6.18 Å². The summed E-state index contributed by atoms with van der Waals surface area (Å²) < 4.78 is 51.0. The number of benzene rings is 1. The number of ketones is 1. The van der Waals surface area contributed by atoms with Crippen molar-refractivity contribution in [2.75, 3.05) is 0 Å². The summed E-state index contributed by atoms with van der Waals surface area (Å²) in [6, 6.07) is 3.64. The number of nitrogens with zero attached hydrogens (tertiary/aromatic N) is 1. The molecular weight excluding hydrogens is 286 g/mol. The van der Waals surface area contributed by atoms with E-state index in [-0.39, 0.29) is 5.56 Å². The van der Waals surface area contributed by atoms with Crippen LogP contribution in [0, 0.1) is 5.82 Å². The Kier molecular flexibility index (Phi) is 4.06. The van der Waals surface area contributed by atoms with Crippen LogP contribution < -0.4 is 0 Å². The van der Waals surface area contributed by atoms with Crippen molar-refractivity contribution in [2.24, 2.45) is 0 Å². The molecule has 2 rings (SSSR count). The largest absolute Gasteiger partial charge is 0.419 e. The van der Waals surface area contributed by atoms with E-state index >= 15 is 0 Å². The lowest BCUT2D eigenvalue weighted by molar-refractivity contribution is -0.140. The van der Waals surface area contributed by atoms with E-state index in [1.54, 1.807) is 0 Å². The molecule has 21 heavy (non-hydrogen) atoms. The molecule has 110 valence electrons. The summed E-state index contributed by atoms with van der Waals surface area (Å²) in [4.78, 5) is 16.1. The SMILES string of the molecule is CCc1cnccc1C(=O)c1ccc(C(F)(F)F)c(F)c1. The zero-order valence-electron chi connectivity index (χ0n) is 11.0. The Bertz CT molecular complexity index is 680. The van der Waals surface area contributed by atoms with Crippen LogP contribution in [-0.2, 0) is 12.6 Å². The molecule has 0 fully saturated rings. The Labute approximate surface area is 118 Å². The van der Waals surface area contributed by atoms with E-state index in [1.807, 2.05) is 6.92 Å². The lowest BCUT2D eigenvalue weighted by Crippen LogP contribution is -2.11. The van der Waals surface area contributed by atoms with Gasteiger partial charge < -0.3 is 0 Å². The van der Waals surface area contributed by atoms with Crippen molar-refractivity contribution in [3.8, 4) is 0 Å². The molecule has 0 aliphatic rings. The highest BCUT2D eigenvalue weighted by molar-refractivity contribution is 6.09. The molecule has 0 saturated carbocycles. The number of aryl methyl sites for hydroxylation is 1. The molecule has 0 saturated heterocycles. The Morgan fingerprint density at radius 1 is 1.24 bits per heavy atom. The first kappa shape index (κ1) is 15.2. The first-order chi connectivity index (χ1) is 9.84. The highest BCUT2D eigenvalue weighted by Gasteiger charge is 2.34. The van der Waals surface area contributed by atoms with E-state index in [9.17, 15) is 22.4 Å². The van der Waals surface area contributed by atoms with Crippen LogP contribution in [0.25, 0.3) is 0 Å². The van der Waals surface area contributed by atoms with Crippen LogP contribution in [-0.4, -0.2) is 10.8 Å². The van der Waals surface area contributed by atoms with Gasteiger partial charge in [0.05, 0.1) is 5.56 Å². The van der Waals surface area contributed by atoms with Crippen molar-refractivity contribution in [1.29, 1.82) is 0 Å². The summed E-state index contributed by atoms with van der Waals surface area (Å²) >= 11 is 0. The van der Waals surface area contributed by atoms with Crippen LogP contribution in [0.4, 0.5) is 17.6 Å². The molecule has 0 aliphatic carbocycles. The number of pyridine rings is 1. The molecule has 0 radical (unpaired) electrons. The quantitative estimate of drug-likeness (QED) is 0.632. The maximum atomic E-state index is 13.5. The molecule has 0 unspecified atom stereocenters. The third-order valence-electron chi connectivity index (χ3n) is 3.07. The summed E-state index contributed by atoms with van der Waals surface area (Å²) in [6.45, 7) is 1.82. The minimum absolute atomic E-state index is 0.124. The average Bonchev–Trinajstić information content (AvgIpc) is 2.45. The van der Waals surface area contributed by atoms with Crippen LogP contribution in [0.2, 0.25) is 0 Å². The van der Waals surface area contributed by atoms with E-state index < -0.39 is 23.3 Å². The summed E-state index contributed by atoms with van der Waals surface area (Å²) in [5.41, 5.74) is -0.541. The normalized spacial score (nSPS) is 11.5. The van der Waals surface area contributed by atoms with E-state index in [0.29, 0.717) is 29.7 Å². The number of hydrogen-bond donors (Lipinski definition) is 0. The maximum Gasteiger partial charge on any atom is 0.419 e. The Balaban J connectivity index is 2.43. The molecule has 0 atom stereocenters. The summed E-state index contributed by atoms with van der Waals surface area (Å²) in [6.07, 6.45) is -1.32. The van der Waals surface area contributed by atoms with Crippen LogP contribution >= 0.6 is 0 Å². The number of carbonyl (C=O) groups excluding carboxylic acids is 1. The second-order valence-electron chi connectivity index (χ2n) is 4.41. The summed E-state index contributed by atoms with van der Waals surface area (Å²) in [5.74, 6) is -1.98. The van der Waals surface area contributed by atoms with Gasteiger partial charge in [0.15, 0.2) is 5.78 Å². The topological polar surface area (TPSA) is 30.0 Å². The zero-order chi connectivity index (χ0) is 15.6. The molecule has 1 aromatic carbocycles. The van der Waals surface area contributed by atoms with Gasteiger partial charge in [-0.15, -0.1) is 0 Å². The average molecular weight is 297 g/mol. The number of hydrogen-bond acceptors (Lipinski definition) is 2. The second-order valence-corrected chi connectivity index (χ2v) is 4.41.